The summed E-state index contributed by atoms with van der Waals surface area (Å²) >= 11 is 0. The molecule has 0 saturated heterocycles. The summed E-state index contributed by atoms with van der Waals surface area (Å²) in [5.41, 5.74) is 6.42. The van der Waals surface area contributed by atoms with Gasteiger partial charge in [-0.25, -0.2) is 13.1 Å². The molecule has 0 spiro atoms. The predicted molar refractivity (Wildman–Crippen MR) is 74.9 cm³/mol. The van der Waals surface area contributed by atoms with Crippen molar-refractivity contribution in [3.05, 3.63) is 23.8 Å². The third-order valence-corrected chi connectivity index (χ3v) is 4.63. The molecule has 0 atom stereocenters. The maximum atomic E-state index is 12.3. The summed E-state index contributed by atoms with van der Waals surface area (Å²) in [4.78, 5) is 0.292. The van der Waals surface area contributed by atoms with Gasteiger partial charge in [-0.3, -0.25) is 0 Å². The van der Waals surface area contributed by atoms with Crippen molar-refractivity contribution in [2.24, 2.45) is 0 Å². The van der Waals surface area contributed by atoms with E-state index in [9.17, 15) is 8.42 Å². The molecule has 4 nitrogen and oxygen atoms in total. The Morgan fingerprint density at radius 2 is 1.94 bits per heavy atom. The number of nitrogens with one attached hydrogen (secondary N) is 1. The van der Waals surface area contributed by atoms with E-state index in [1.54, 1.807) is 25.1 Å². The van der Waals surface area contributed by atoms with Gasteiger partial charge in [0, 0.05) is 11.2 Å². The summed E-state index contributed by atoms with van der Waals surface area (Å²) in [7, 11) is -3.49. The third-order valence-electron chi connectivity index (χ3n) is 2.77. The van der Waals surface area contributed by atoms with Gasteiger partial charge in [-0.1, -0.05) is 13.3 Å². The highest BCUT2D eigenvalue weighted by Crippen LogP contribution is 2.21. The fraction of sp³-hybridized carbons (Fsp3) is 0.538. The summed E-state index contributed by atoms with van der Waals surface area (Å²) in [6.45, 7) is 7.56. The summed E-state index contributed by atoms with van der Waals surface area (Å²) in [6.07, 6.45) is 1.72. The predicted octanol–water partition coefficient (Wildman–Crippen LogP) is 2.43. The molecule has 0 aliphatic carbocycles. The Morgan fingerprint density at radius 3 is 2.44 bits per heavy atom. The van der Waals surface area contributed by atoms with Gasteiger partial charge in [-0.15, -0.1) is 0 Å². The maximum absolute atomic E-state index is 12.3. The average molecular weight is 270 g/mol. The van der Waals surface area contributed by atoms with Crippen molar-refractivity contribution in [1.82, 2.24) is 4.72 Å². The lowest BCUT2D eigenvalue weighted by Crippen LogP contribution is -2.43. The van der Waals surface area contributed by atoms with Crippen LogP contribution in [0.3, 0.4) is 0 Å². The van der Waals surface area contributed by atoms with Gasteiger partial charge in [0.25, 0.3) is 0 Å². The molecule has 3 N–H and O–H groups in total. The van der Waals surface area contributed by atoms with E-state index in [-0.39, 0.29) is 0 Å². The van der Waals surface area contributed by atoms with Crippen LogP contribution in [-0.4, -0.2) is 14.0 Å². The minimum Gasteiger partial charge on any atom is -0.399 e. The van der Waals surface area contributed by atoms with Gasteiger partial charge < -0.3 is 5.73 Å². The highest BCUT2D eigenvalue weighted by atomic mass is 32.2. The molecule has 18 heavy (non-hydrogen) atoms. The lowest BCUT2D eigenvalue weighted by molar-refractivity contribution is 0.417. The second-order valence-corrected chi connectivity index (χ2v) is 6.92. The minimum atomic E-state index is -3.49. The number of sulfonamides is 1. The Labute approximate surface area is 110 Å². The molecule has 0 aliphatic rings. The number of aryl methyl sites for hydroxylation is 1. The molecule has 5 heteroatoms. The quantitative estimate of drug-likeness (QED) is 0.807. The molecule has 0 radical (unpaired) electrons. The number of nitrogen functional groups attached to an aromatic ring is 1. The SMILES string of the molecule is CCCC(C)(C)NS(=O)(=O)c1ccc(N)cc1C. The van der Waals surface area contributed by atoms with E-state index in [4.69, 9.17) is 5.73 Å². The summed E-state index contributed by atoms with van der Waals surface area (Å²) in [5, 5.41) is 0. The molecule has 0 saturated carbocycles. The molecule has 1 aromatic carbocycles. The zero-order valence-electron chi connectivity index (χ0n) is 11.4. The van der Waals surface area contributed by atoms with Crippen LogP contribution in [0.4, 0.5) is 5.69 Å². The Kier molecular flexibility index (Phi) is 4.40. The number of nitrogens with two attached hydrogens (primary N) is 1. The van der Waals surface area contributed by atoms with E-state index in [0.717, 1.165) is 12.8 Å². The van der Waals surface area contributed by atoms with Gasteiger partial charge in [0.15, 0.2) is 0 Å². The van der Waals surface area contributed by atoms with Crippen LogP contribution in [0, 0.1) is 6.92 Å². The van der Waals surface area contributed by atoms with E-state index in [0.29, 0.717) is 16.1 Å². The number of anilines is 1. The van der Waals surface area contributed by atoms with Crippen LogP contribution in [0.1, 0.15) is 39.2 Å². The second-order valence-electron chi connectivity index (χ2n) is 5.26. The first-order valence-electron chi connectivity index (χ1n) is 6.08. The molecule has 102 valence electrons. The van der Waals surface area contributed by atoms with Crippen LogP contribution in [0.2, 0.25) is 0 Å². The number of hydrogen-bond donors (Lipinski definition) is 2. The Morgan fingerprint density at radius 1 is 1.33 bits per heavy atom. The van der Waals surface area contributed by atoms with Crippen LogP contribution >= 0.6 is 0 Å². The number of rotatable bonds is 5. The molecule has 0 amide bonds. The molecule has 1 rings (SSSR count). The van der Waals surface area contributed by atoms with Gasteiger partial charge in [-0.2, -0.15) is 0 Å². The normalized spacial score (nSPS) is 12.7. The first-order chi connectivity index (χ1) is 8.18. The Hall–Kier alpha value is -1.07. The molecule has 1 aromatic rings. The second kappa shape index (κ2) is 5.28. The first-order valence-corrected chi connectivity index (χ1v) is 7.56. The number of benzene rings is 1. The van der Waals surface area contributed by atoms with E-state index < -0.39 is 15.6 Å². The van der Waals surface area contributed by atoms with E-state index in [1.807, 2.05) is 20.8 Å². The van der Waals surface area contributed by atoms with Crippen molar-refractivity contribution < 1.29 is 8.42 Å². The van der Waals surface area contributed by atoms with Crippen molar-refractivity contribution >= 4 is 15.7 Å². The fourth-order valence-electron chi connectivity index (χ4n) is 2.07. The monoisotopic (exact) mass is 270 g/mol. The van der Waals surface area contributed by atoms with Gasteiger partial charge in [0.2, 0.25) is 10.0 Å². The topological polar surface area (TPSA) is 72.2 Å². The molecule has 0 heterocycles. The molecule has 0 aromatic heterocycles. The average Bonchev–Trinajstić information content (AvgIpc) is 2.14. The molecule has 0 bridgehead atoms. The van der Waals surface area contributed by atoms with Crippen LogP contribution in [-0.2, 0) is 10.0 Å². The van der Waals surface area contributed by atoms with Gasteiger partial charge in [0.1, 0.15) is 0 Å². The largest absolute Gasteiger partial charge is 0.399 e. The molecular formula is C13H22N2O2S. The van der Waals surface area contributed by atoms with E-state index in [1.165, 1.54) is 0 Å². The van der Waals surface area contributed by atoms with E-state index in [2.05, 4.69) is 4.72 Å². The van der Waals surface area contributed by atoms with Crippen LogP contribution < -0.4 is 10.5 Å². The van der Waals surface area contributed by atoms with Crippen LogP contribution in [0.15, 0.2) is 23.1 Å². The van der Waals surface area contributed by atoms with Crippen molar-refractivity contribution in [2.45, 2.75) is 51.0 Å². The minimum absolute atomic E-state index is 0.292. The lowest BCUT2D eigenvalue weighted by atomic mass is 10.0. The highest BCUT2D eigenvalue weighted by Gasteiger charge is 2.26. The van der Waals surface area contributed by atoms with Crippen LogP contribution in [0.5, 0.6) is 0 Å². The smallest absolute Gasteiger partial charge is 0.241 e. The van der Waals surface area contributed by atoms with Crippen molar-refractivity contribution in [3.8, 4) is 0 Å². The standard InChI is InChI=1S/C13H22N2O2S/c1-5-8-13(3,4)15-18(16,17)12-7-6-11(14)9-10(12)2/h6-7,9,15H,5,8,14H2,1-4H3. The van der Waals surface area contributed by atoms with Gasteiger partial charge >= 0.3 is 0 Å². The Balaban J connectivity index is 3.07. The zero-order valence-corrected chi connectivity index (χ0v) is 12.3. The van der Waals surface area contributed by atoms with Crippen molar-refractivity contribution in [3.63, 3.8) is 0 Å². The zero-order chi connectivity index (χ0) is 14.0. The Bertz CT molecular complexity index is 522. The lowest BCUT2D eigenvalue weighted by Gasteiger charge is -2.25. The van der Waals surface area contributed by atoms with Gasteiger partial charge in [-0.05, 0) is 51.0 Å². The molecule has 0 aliphatic heterocycles. The summed E-state index contributed by atoms with van der Waals surface area (Å²) < 4.78 is 27.3. The van der Waals surface area contributed by atoms with E-state index >= 15 is 0 Å². The number of hydrogen-bond acceptors (Lipinski definition) is 3. The molecular weight excluding hydrogens is 248 g/mol. The first kappa shape index (κ1) is 15.0. The molecule has 0 fully saturated rings. The fourth-order valence-corrected chi connectivity index (χ4v) is 3.74. The molecule has 0 unspecified atom stereocenters. The summed E-state index contributed by atoms with van der Waals surface area (Å²) in [6, 6.07) is 4.82. The van der Waals surface area contributed by atoms with Crippen molar-refractivity contribution in [2.75, 3.05) is 5.73 Å². The van der Waals surface area contributed by atoms with Gasteiger partial charge in [0.05, 0.1) is 4.90 Å². The maximum Gasteiger partial charge on any atom is 0.241 e. The third kappa shape index (κ3) is 3.71. The van der Waals surface area contributed by atoms with Crippen molar-refractivity contribution in [1.29, 1.82) is 0 Å². The highest BCUT2D eigenvalue weighted by molar-refractivity contribution is 7.89. The summed E-state index contributed by atoms with van der Waals surface area (Å²) in [5.74, 6) is 0. The van der Waals surface area contributed by atoms with Crippen LogP contribution in [0.25, 0.3) is 0 Å².